The summed E-state index contributed by atoms with van der Waals surface area (Å²) in [6.45, 7) is 6.24. The monoisotopic (exact) mass is 443 g/mol. The summed E-state index contributed by atoms with van der Waals surface area (Å²) in [5.74, 6) is 0. The SMILES string of the molecule is CC1=[C-]C2=CC(C)N(C)C2=C1.CSC1=C2[C-]=CC=C2C=C1.[CH3-].[CH3-].[SiH2]=[Zr]. The van der Waals surface area contributed by atoms with Crippen LogP contribution in [0, 0.1) is 27.0 Å². The summed E-state index contributed by atoms with van der Waals surface area (Å²) in [7, 11) is 2.13. The third-order valence-electron chi connectivity index (χ3n) is 4.02. The van der Waals surface area contributed by atoms with Gasteiger partial charge in [-0.25, -0.2) is 0 Å². The van der Waals surface area contributed by atoms with Crippen molar-refractivity contribution in [1.29, 1.82) is 0 Å². The number of fused-ring (bicyclic) bond motifs is 2. The number of thioether (sulfide) groups is 1. The Balaban J connectivity index is 0.000000392. The molecule has 0 spiro atoms. The average Bonchev–Trinajstić information content (AvgIpc) is 3.27. The molecule has 4 aliphatic rings. The van der Waals surface area contributed by atoms with Gasteiger partial charge in [-0.1, -0.05) is 30.5 Å². The van der Waals surface area contributed by atoms with Gasteiger partial charge in [-0.2, -0.15) is 23.9 Å². The number of allylic oxidation sites excluding steroid dienone is 10. The van der Waals surface area contributed by atoms with E-state index < -0.39 is 0 Å². The molecule has 0 bridgehead atoms. The third-order valence-corrected chi connectivity index (χ3v) is 4.80. The Hall–Kier alpha value is -0.570. The van der Waals surface area contributed by atoms with Crippen LogP contribution in [-0.2, 0) is 23.3 Å². The van der Waals surface area contributed by atoms with Crippen molar-refractivity contribution in [2.45, 2.75) is 19.9 Å². The summed E-state index contributed by atoms with van der Waals surface area (Å²) < 4.78 is 0. The molecule has 1 heterocycles. The van der Waals surface area contributed by atoms with E-state index >= 15 is 0 Å². The molecule has 0 saturated carbocycles. The first-order valence-corrected chi connectivity index (χ1v) is 14.6. The molecule has 0 fully saturated rings. The van der Waals surface area contributed by atoms with Crippen LogP contribution in [0.5, 0.6) is 0 Å². The van der Waals surface area contributed by atoms with Gasteiger partial charge >= 0.3 is 30.2 Å². The second kappa shape index (κ2) is 11.2. The van der Waals surface area contributed by atoms with Gasteiger partial charge in [0.15, 0.2) is 0 Å². The van der Waals surface area contributed by atoms with Crippen LogP contribution in [0.25, 0.3) is 0 Å². The first-order valence-electron chi connectivity index (χ1n) is 7.49. The molecule has 0 N–H and O–H groups in total. The van der Waals surface area contributed by atoms with E-state index in [0.29, 0.717) is 6.04 Å². The number of hydrogen-bond donors (Lipinski definition) is 0. The number of hydrogen-bond acceptors (Lipinski definition) is 2. The van der Waals surface area contributed by atoms with Gasteiger partial charge in [0.05, 0.1) is 0 Å². The van der Waals surface area contributed by atoms with E-state index in [2.05, 4.69) is 74.6 Å². The quantitative estimate of drug-likeness (QED) is 0.437. The molecule has 0 amide bonds. The van der Waals surface area contributed by atoms with E-state index in [1.54, 1.807) is 35.1 Å². The first-order chi connectivity index (χ1) is 11.1. The van der Waals surface area contributed by atoms with Crippen LogP contribution in [-0.4, -0.2) is 31.1 Å². The molecule has 0 aromatic rings. The van der Waals surface area contributed by atoms with E-state index in [9.17, 15) is 0 Å². The predicted molar refractivity (Wildman–Crippen MR) is 113 cm³/mol. The number of nitrogens with zero attached hydrogens (tertiary/aromatic N) is 1. The molecule has 25 heavy (non-hydrogen) atoms. The fraction of sp³-hybridized carbons (Fsp3) is 0.238. The van der Waals surface area contributed by atoms with Gasteiger partial charge in [0.1, 0.15) is 0 Å². The van der Waals surface area contributed by atoms with Crippen LogP contribution < -0.4 is 0 Å². The average molecular weight is 445 g/mol. The van der Waals surface area contributed by atoms with Gasteiger partial charge in [0.2, 0.25) is 0 Å². The van der Waals surface area contributed by atoms with Crippen molar-refractivity contribution in [2.24, 2.45) is 0 Å². The summed E-state index contributed by atoms with van der Waals surface area (Å²) >= 11 is 3.36. The molecule has 4 rings (SSSR count). The summed E-state index contributed by atoms with van der Waals surface area (Å²) in [4.78, 5) is 3.61. The Morgan fingerprint density at radius 3 is 2.52 bits per heavy atom. The number of likely N-dealkylation sites (N-methyl/N-ethyl adjacent to an activating group) is 1. The zero-order valence-electron chi connectivity index (χ0n) is 16.1. The van der Waals surface area contributed by atoms with E-state index in [0.717, 1.165) is 0 Å². The maximum absolute atomic E-state index is 3.32. The van der Waals surface area contributed by atoms with E-state index in [1.165, 1.54) is 32.9 Å². The van der Waals surface area contributed by atoms with Gasteiger partial charge in [0, 0.05) is 6.04 Å². The molecule has 1 atom stereocenters. The van der Waals surface area contributed by atoms with E-state index in [4.69, 9.17) is 0 Å². The molecular weight excluding hydrogens is 418 g/mol. The molecule has 0 aromatic carbocycles. The fourth-order valence-electron chi connectivity index (χ4n) is 2.74. The zero-order valence-corrected chi connectivity index (χ0v) is 20.8. The van der Waals surface area contributed by atoms with Gasteiger partial charge in [-0.3, -0.25) is 0 Å². The van der Waals surface area contributed by atoms with E-state index in [1.807, 2.05) is 13.0 Å². The van der Waals surface area contributed by atoms with Gasteiger partial charge in [-0.15, -0.1) is 52.7 Å². The first kappa shape index (κ1) is 24.4. The van der Waals surface area contributed by atoms with Crippen LogP contribution in [0.3, 0.4) is 0 Å². The molecule has 134 valence electrons. The molecule has 1 nitrogen and oxygen atoms in total. The summed E-state index contributed by atoms with van der Waals surface area (Å²) in [6.07, 6.45) is 21.4. The van der Waals surface area contributed by atoms with E-state index in [-0.39, 0.29) is 14.9 Å². The Morgan fingerprint density at radius 1 is 1.24 bits per heavy atom. The summed E-state index contributed by atoms with van der Waals surface area (Å²) in [5.41, 5.74) is 6.43. The summed E-state index contributed by atoms with van der Waals surface area (Å²) in [5, 5.41) is 0. The van der Waals surface area contributed by atoms with Crippen molar-refractivity contribution in [2.75, 3.05) is 13.3 Å². The van der Waals surface area contributed by atoms with Crippen molar-refractivity contribution in [1.82, 2.24) is 4.90 Å². The Kier molecular flexibility index (Phi) is 11.0. The molecule has 0 saturated heterocycles. The molecule has 1 aliphatic heterocycles. The van der Waals surface area contributed by atoms with Crippen LogP contribution in [0.2, 0.25) is 0 Å². The third kappa shape index (κ3) is 5.45. The van der Waals surface area contributed by atoms with Crippen molar-refractivity contribution >= 4 is 18.6 Å². The van der Waals surface area contributed by atoms with Crippen LogP contribution in [0.4, 0.5) is 0 Å². The fourth-order valence-corrected chi connectivity index (χ4v) is 3.32. The molecule has 0 aromatic heterocycles. The Morgan fingerprint density at radius 2 is 1.92 bits per heavy atom. The van der Waals surface area contributed by atoms with Crippen LogP contribution >= 0.6 is 11.8 Å². The molecule has 4 heteroatoms. The number of rotatable bonds is 1. The normalized spacial score (nSPS) is 20.6. The topological polar surface area (TPSA) is 3.24 Å². The zero-order chi connectivity index (χ0) is 17.0. The van der Waals surface area contributed by atoms with Crippen molar-refractivity contribution in [3.63, 3.8) is 0 Å². The van der Waals surface area contributed by atoms with Crippen LogP contribution in [0.15, 0.2) is 69.4 Å². The minimum absolute atomic E-state index is 0. The van der Waals surface area contributed by atoms with Gasteiger partial charge in [-0.05, 0) is 13.3 Å². The van der Waals surface area contributed by atoms with Crippen molar-refractivity contribution in [3.05, 3.63) is 96.4 Å². The molecular formula is C21H27NSSiZr-4. The van der Waals surface area contributed by atoms with Crippen molar-refractivity contribution in [3.8, 4) is 0 Å². The summed E-state index contributed by atoms with van der Waals surface area (Å²) in [6, 6.07) is 0.539. The van der Waals surface area contributed by atoms with Crippen molar-refractivity contribution < 1.29 is 23.3 Å². The molecule has 3 aliphatic carbocycles. The minimum atomic E-state index is 0. The van der Waals surface area contributed by atoms with Crippen LogP contribution in [0.1, 0.15) is 13.8 Å². The standard InChI is InChI=1S/C10H12N.C9H7S.2CH3.H2Si.Zr/c1-7-4-9-6-8(2)11(3)10(9)5-7;1-10-9-6-5-7-3-2-4-8(7)9;;;;/h5-6,8H,1-3H3;2-3,5-6H,1H3;2*1H3;1H2;/q4*-1;;. The maximum atomic E-state index is 3.32. The predicted octanol–water partition coefficient (Wildman–Crippen LogP) is 4.35. The van der Waals surface area contributed by atoms with Gasteiger partial charge < -0.3 is 19.8 Å². The van der Waals surface area contributed by atoms with Gasteiger partial charge in [0.25, 0.3) is 0 Å². The molecule has 1 unspecified atom stereocenters. The second-order valence-electron chi connectivity index (χ2n) is 5.48. The second-order valence-corrected chi connectivity index (χ2v) is 6.33. The Labute approximate surface area is 175 Å². The molecule has 0 radical (unpaired) electrons. The Bertz CT molecular complexity index is 707.